The lowest BCUT2D eigenvalue weighted by atomic mass is 10.1. The average Bonchev–Trinajstić information content (AvgIpc) is 2.32. The number of halogens is 3. The van der Waals surface area contributed by atoms with Crippen LogP contribution in [0.4, 0.5) is 14.5 Å². The maximum Gasteiger partial charge on any atom is 0.146 e. The van der Waals surface area contributed by atoms with Gasteiger partial charge in [-0.3, -0.25) is 0 Å². The van der Waals surface area contributed by atoms with Crippen molar-refractivity contribution in [3.63, 3.8) is 0 Å². The van der Waals surface area contributed by atoms with Gasteiger partial charge in [-0.1, -0.05) is 28.1 Å². The first-order chi connectivity index (χ1) is 8.97. The number of aryl methyl sites for hydroxylation is 1. The first-order valence-corrected chi connectivity index (χ1v) is 6.74. The molecule has 0 saturated carbocycles. The van der Waals surface area contributed by atoms with Gasteiger partial charge >= 0.3 is 0 Å². The van der Waals surface area contributed by atoms with Crippen LogP contribution in [0.2, 0.25) is 0 Å². The van der Waals surface area contributed by atoms with E-state index in [1.54, 1.807) is 25.1 Å². The van der Waals surface area contributed by atoms with Gasteiger partial charge in [-0.15, -0.1) is 0 Å². The highest BCUT2D eigenvalue weighted by Crippen LogP contribution is 2.25. The Kier molecular flexibility index (Phi) is 4.20. The van der Waals surface area contributed by atoms with Crippen LogP contribution in [0.15, 0.2) is 40.9 Å². The van der Waals surface area contributed by atoms with Gasteiger partial charge < -0.3 is 5.32 Å². The Bertz CT molecular complexity index is 599. The Hall–Kier alpha value is -1.42. The van der Waals surface area contributed by atoms with Gasteiger partial charge in [0, 0.05) is 10.0 Å². The minimum atomic E-state index is -0.329. The van der Waals surface area contributed by atoms with Crippen molar-refractivity contribution in [2.75, 3.05) is 5.32 Å². The third-order valence-electron chi connectivity index (χ3n) is 2.93. The van der Waals surface area contributed by atoms with E-state index in [4.69, 9.17) is 0 Å². The molecule has 1 nitrogen and oxygen atoms in total. The summed E-state index contributed by atoms with van der Waals surface area (Å²) in [6.07, 6.45) is 0. The summed E-state index contributed by atoms with van der Waals surface area (Å²) >= 11 is 3.21. The van der Waals surface area contributed by atoms with Crippen LogP contribution in [0.1, 0.15) is 24.1 Å². The Morgan fingerprint density at radius 1 is 1.05 bits per heavy atom. The minimum absolute atomic E-state index is 0.315. The average molecular weight is 326 g/mol. The summed E-state index contributed by atoms with van der Waals surface area (Å²) in [4.78, 5) is 0. The third kappa shape index (κ3) is 3.32. The summed E-state index contributed by atoms with van der Waals surface area (Å²) in [6, 6.07) is 9.47. The van der Waals surface area contributed by atoms with Gasteiger partial charge in [0.15, 0.2) is 0 Å². The lowest BCUT2D eigenvalue weighted by molar-refractivity contribution is 0.595. The Balaban J connectivity index is 2.23. The molecule has 2 aromatic carbocycles. The molecule has 1 unspecified atom stereocenters. The Labute approximate surface area is 119 Å². The van der Waals surface area contributed by atoms with E-state index < -0.39 is 0 Å². The van der Waals surface area contributed by atoms with Gasteiger partial charge in [0.25, 0.3) is 0 Å². The second-order valence-corrected chi connectivity index (χ2v) is 5.43. The summed E-state index contributed by atoms with van der Waals surface area (Å²) in [5, 5.41) is 2.98. The fourth-order valence-electron chi connectivity index (χ4n) is 1.90. The lowest BCUT2D eigenvalue weighted by Gasteiger charge is -2.17. The number of hydrogen-bond donors (Lipinski definition) is 1. The molecule has 2 rings (SSSR count). The van der Waals surface area contributed by atoms with E-state index in [0.717, 1.165) is 5.56 Å². The Morgan fingerprint density at radius 3 is 2.42 bits per heavy atom. The molecule has 0 aliphatic heterocycles. The van der Waals surface area contributed by atoms with E-state index in [2.05, 4.69) is 21.2 Å². The zero-order valence-corrected chi connectivity index (χ0v) is 12.3. The van der Waals surface area contributed by atoms with Crippen LogP contribution in [0.25, 0.3) is 0 Å². The highest BCUT2D eigenvalue weighted by molar-refractivity contribution is 9.10. The number of nitrogens with one attached hydrogen (secondary N) is 1. The zero-order chi connectivity index (χ0) is 14.0. The third-order valence-corrected chi connectivity index (χ3v) is 3.42. The molecule has 0 aliphatic rings. The lowest BCUT2D eigenvalue weighted by Crippen LogP contribution is -2.09. The van der Waals surface area contributed by atoms with Crippen molar-refractivity contribution in [1.82, 2.24) is 0 Å². The molecule has 2 aromatic rings. The van der Waals surface area contributed by atoms with E-state index in [1.807, 2.05) is 13.0 Å². The van der Waals surface area contributed by atoms with Crippen molar-refractivity contribution in [1.29, 1.82) is 0 Å². The molecule has 100 valence electrons. The topological polar surface area (TPSA) is 12.0 Å². The molecule has 0 bridgehead atoms. The van der Waals surface area contributed by atoms with Crippen LogP contribution in [0.3, 0.4) is 0 Å². The summed E-state index contributed by atoms with van der Waals surface area (Å²) in [7, 11) is 0. The van der Waals surface area contributed by atoms with Crippen molar-refractivity contribution >= 4 is 21.6 Å². The van der Waals surface area contributed by atoms with Gasteiger partial charge in [-0.25, -0.2) is 8.78 Å². The quantitative estimate of drug-likeness (QED) is 0.816. The largest absolute Gasteiger partial charge is 0.376 e. The molecule has 0 heterocycles. The van der Waals surface area contributed by atoms with Crippen LogP contribution in [-0.4, -0.2) is 0 Å². The molecule has 0 aromatic heterocycles. The van der Waals surface area contributed by atoms with Crippen molar-refractivity contribution in [3.05, 3.63) is 63.6 Å². The van der Waals surface area contributed by atoms with Crippen LogP contribution in [0, 0.1) is 18.6 Å². The summed E-state index contributed by atoms with van der Waals surface area (Å²) < 4.78 is 28.2. The van der Waals surface area contributed by atoms with E-state index >= 15 is 0 Å². The predicted octanol–water partition coefficient (Wildman–Crippen LogP) is 5.21. The molecule has 0 saturated heterocycles. The molecule has 19 heavy (non-hydrogen) atoms. The number of rotatable bonds is 3. The zero-order valence-electron chi connectivity index (χ0n) is 10.7. The highest BCUT2D eigenvalue weighted by atomic mass is 79.9. The molecule has 0 amide bonds. The van der Waals surface area contributed by atoms with Gasteiger partial charge in [-0.05, 0) is 43.7 Å². The smallest absolute Gasteiger partial charge is 0.146 e. The number of anilines is 1. The van der Waals surface area contributed by atoms with E-state index in [0.29, 0.717) is 15.7 Å². The van der Waals surface area contributed by atoms with E-state index in [1.165, 1.54) is 12.1 Å². The van der Waals surface area contributed by atoms with Crippen molar-refractivity contribution < 1.29 is 8.78 Å². The molecule has 1 atom stereocenters. The number of benzene rings is 2. The minimum Gasteiger partial charge on any atom is -0.376 e. The fourth-order valence-corrected chi connectivity index (χ4v) is 2.23. The summed E-state index contributed by atoms with van der Waals surface area (Å²) in [5.41, 5.74) is 1.73. The maximum absolute atomic E-state index is 13.8. The number of hydrogen-bond acceptors (Lipinski definition) is 1. The van der Waals surface area contributed by atoms with E-state index in [-0.39, 0.29) is 17.7 Å². The van der Waals surface area contributed by atoms with E-state index in [9.17, 15) is 8.78 Å². The first kappa shape index (κ1) is 14.0. The van der Waals surface area contributed by atoms with Crippen LogP contribution < -0.4 is 5.32 Å². The predicted molar refractivity (Wildman–Crippen MR) is 77.3 cm³/mol. The summed E-state index contributed by atoms with van der Waals surface area (Å²) in [6.45, 7) is 3.62. The van der Waals surface area contributed by atoms with Gasteiger partial charge in [0.05, 0.1) is 11.7 Å². The standard InChI is InChI=1S/C15H14BrF2N/c1-9-3-6-15(14(18)7-9)19-10(2)12-5-4-11(16)8-13(12)17/h3-8,10,19H,1-2H3. The van der Waals surface area contributed by atoms with Crippen molar-refractivity contribution in [2.24, 2.45) is 0 Å². The molecule has 4 heteroatoms. The molecule has 0 spiro atoms. The molecular formula is C15H14BrF2N. The maximum atomic E-state index is 13.8. The fraction of sp³-hybridized carbons (Fsp3) is 0.200. The van der Waals surface area contributed by atoms with Crippen molar-refractivity contribution in [3.8, 4) is 0 Å². The molecule has 1 N–H and O–H groups in total. The molecular weight excluding hydrogens is 312 g/mol. The highest BCUT2D eigenvalue weighted by Gasteiger charge is 2.12. The molecule has 0 radical (unpaired) electrons. The Morgan fingerprint density at radius 2 is 1.79 bits per heavy atom. The second kappa shape index (κ2) is 5.70. The van der Waals surface area contributed by atoms with Gasteiger partial charge in [0.1, 0.15) is 11.6 Å². The van der Waals surface area contributed by atoms with Crippen molar-refractivity contribution in [2.45, 2.75) is 19.9 Å². The molecule has 0 aliphatic carbocycles. The SMILES string of the molecule is Cc1ccc(NC(C)c2ccc(Br)cc2F)c(F)c1. The first-order valence-electron chi connectivity index (χ1n) is 5.95. The van der Waals surface area contributed by atoms with Gasteiger partial charge in [-0.2, -0.15) is 0 Å². The van der Waals surface area contributed by atoms with Crippen LogP contribution in [0.5, 0.6) is 0 Å². The second-order valence-electron chi connectivity index (χ2n) is 4.52. The van der Waals surface area contributed by atoms with Crippen LogP contribution >= 0.6 is 15.9 Å². The summed E-state index contributed by atoms with van der Waals surface area (Å²) in [5.74, 6) is -0.647. The monoisotopic (exact) mass is 325 g/mol. The molecule has 0 fully saturated rings. The normalized spacial score (nSPS) is 12.3. The van der Waals surface area contributed by atoms with Gasteiger partial charge in [0.2, 0.25) is 0 Å². The van der Waals surface area contributed by atoms with Crippen LogP contribution in [-0.2, 0) is 0 Å².